The fourth-order valence-corrected chi connectivity index (χ4v) is 2.77. The lowest BCUT2D eigenvalue weighted by atomic mass is 10.2. The van der Waals surface area contributed by atoms with Gasteiger partial charge in [0.2, 0.25) is 5.91 Å². The standard InChI is InChI=1S/C16H18FN3OS/c1-13(14-4-6-15(17)7-5-14)22-12-16(21)20(10-2-8-18)11-3-9-19/h4-7,13H,2-3,10-12H2,1H3/t13-/m1/s1. The number of thioether (sulfide) groups is 1. The zero-order chi connectivity index (χ0) is 16.4. The number of rotatable bonds is 8. The summed E-state index contributed by atoms with van der Waals surface area (Å²) in [5, 5.41) is 17.3. The van der Waals surface area contributed by atoms with Gasteiger partial charge in [0.05, 0.1) is 30.7 Å². The molecule has 1 rings (SSSR count). The zero-order valence-electron chi connectivity index (χ0n) is 12.5. The van der Waals surface area contributed by atoms with Crippen molar-refractivity contribution in [1.82, 2.24) is 4.90 Å². The van der Waals surface area contributed by atoms with Gasteiger partial charge in [-0.1, -0.05) is 12.1 Å². The Hall–Kier alpha value is -2.05. The first-order valence-electron chi connectivity index (χ1n) is 6.97. The number of carbonyl (C=O) groups is 1. The molecule has 0 heterocycles. The van der Waals surface area contributed by atoms with Crippen LogP contribution in [-0.4, -0.2) is 29.6 Å². The molecular weight excluding hydrogens is 301 g/mol. The van der Waals surface area contributed by atoms with E-state index < -0.39 is 0 Å². The Labute approximate surface area is 134 Å². The number of hydrogen-bond acceptors (Lipinski definition) is 4. The van der Waals surface area contributed by atoms with Crippen molar-refractivity contribution >= 4 is 17.7 Å². The van der Waals surface area contributed by atoms with Crippen LogP contribution in [0.15, 0.2) is 24.3 Å². The number of nitrogens with zero attached hydrogens (tertiary/aromatic N) is 3. The van der Waals surface area contributed by atoms with Gasteiger partial charge in [-0.15, -0.1) is 11.8 Å². The third kappa shape index (κ3) is 6.15. The third-order valence-electron chi connectivity index (χ3n) is 3.14. The highest BCUT2D eigenvalue weighted by atomic mass is 32.2. The van der Waals surface area contributed by atoms with E-state index in [1.807, 2.05) is 19.1 Å². The Balaban J connectivity index is 2.52. The Morgan fingerprint density at radius 3 is 2.27 bits per heavy atom. The van der Waals surface area contributed by atoms with Crippen LogP contribution in [0.2, 0.25) is 0 Å². The Morgan fingerprint density at radius 2 is 1.77 bits per heavy atom. The van der Waals surface area contributed by atoms with Crippen molar-refractivity contribution in [3.8, 4) is 12.1 Å². The predicted octanol–water partition coefficient (Wildman–Crippen LogP) is 3.28. The van der Waals surface area contributed by atoms with Gasteiger partial charge in [0.1, 0.15) is 5.82 Å². The first-order chi connectivity index (χ1) is 10.6. The highest BCUT2D eigenvalue weighted by Gasteiger charge is 2.15. The highest BCUT2D eigenvalue weighted by Crippen LogP contribution is 2.28. The average molecular weight is 319 g/mol. The summed E-state index contributed by atoms with van der Waals surface area (Å²) in [5.74, 6) is -0.0873. The van der Waals surface area contributed by atoms with Gasteiger partial charge >= 0.3 is 0 Å². The predicted molar refractivity (Wildman–Crippen MR) is 84.3 cm³/mol. The second-order valence-electron chi connectivity index (χ2n) is 4.70. The van der Waals surface area contributed by atoms with Crippen LogP contribution in [-0.2, 0) is 4.79 Å². The first-order valence-corrected chi connectivity index (χ1v) is 8.02. The molecule has 4 nitrogen and oxygen atoms in total. The normalized spacial score (nSPS) is 11.3. The summed E-state index contributed by atoms with van der Waals surface area (Å²) in [4.78, 5) is 13.7. The van der Waals surface area contributed by atoms with Gasteiger partial charge in [0.15, 0.2) is 0 Å². The molecule has 0 aliphatic rings. The van der Waals surface area contributed by atoms with Gasteiger partial charge in [-0.3, -0.25) is 4.79 Å². The number of benzene rings is 1. The van der Waals surface area contributed by atoms with Crippen LogP contribution in [0, 0.1) is 28.5 Å². The monoisotopic (exact) mass is 319 g/mol. The summed E-state index contributed by atoms with van der Waals surface area (Å²) in [6.45, 7) is 2.66. The molecule has 0 aromatic heterocycles. The molecule has 1 aromatic rings. The zero-order valence-corrected chi connectivity index (χ0v) is 13.3. The molecule has 0 spiro atoms. The number of halogens is 1. The fraction of sp³-hybridized carbons (Fsp3) is 0.438. The van der Waals surface area contributed by atoms with Crippen molar-refractivity contribution < 1.29 is 9.18 Å². The van der Waals surface area contributed by atoms with Crippen LogP contribution >= 0.6 is 11.8 Å². The van der Waals surface area contributed by atoms with E-state index in [2.05, 4.69) is 0 Å². The van der Waals surface area contributed by atoms with Crippen molar-refractivity contribution in [2.45, 2.75) is 25.0 Å². The van der Waals surface area contributed by atoms with Gasteiger partial charge in [-0.2, -0.15) is 10.5 Å². The van der Waals surface area contributed by atoms with Crippen LogP contribution in [0.3, 0.4) is 0 Å². The van der Waals surface area contributed by atoms with E-state index in [-0.39, 0.29) is 35.6 Å². The molecule has 0 N–H and O–H groups in total. The molecule has 1 aromatic carbocycles. The quantitative estimate of drug-likeness (QED) is 0.737. The van der Waals surface area contributed by atoms with E-state index in [4.69, 9.17) is 10.5 Å². The largest absolute Gasteiger partial charge is 0.340 e. The Kier molecular flexibility index (Phi) is 8.03. The highest BCUT2D eigenvalue weighted by molar-refractivity contribution is 8.00. The third-order valence-corrected chi connectivity index (χ3v) is 4.32. The molecule has 1 amide bonds. The van der Waals surface area contributed by atoms with E-state index in [9.17, 15) is 9.18 Å². The maximum Gasteiger partial charge on any atom is 0.232 e. The number of nitriles is 2. The lowest BCUT2D eigenvalue weighted by molar-refractivity contribution is -0.128. The summed E-state index contributed by atoms with van der Waals surface area (Å²) in [7, 11) is 0. The van der Waals surface area contributed by atoms with Gasteiger partial charge in [0, 0.05) is 18.3 Å². The number of hydrogen-bond donors (Lipinski definition) is 0. The Morgan fingerprint density at radius 1 is 1.23 bits per heavy atom. The second kappa shape index (κ2) is 9.81. The Bertz CT molecular complexity index is 544. The smallest absolute Gasteiger partial charge is 0.232 e. The van der Waals surface area contributed by atoms with E-state index in [1.54, 1.807) is 17.0 Å². The minimum atomic E-state index is -0.281. The number of amides is 1. The van der Waals surface area contributed by atoms with Crippen molar-refractivity contribution in [1.29, 1.82) is 10.5 Å². The van der Waals surface area contributed by atoms with Crippen molar-refractivity contribution in [3.63, 3.8) is 0 Å². The molecule has 116 valence electrons. The van der Waals surface area contributed by atoms with Crippen LogP contribution in [0.25, 0.3) is 0 Å². The maximum absolute atomic E-state index is 12.9. The summed E-state index contributed by atoms with van der Waals surface area (Å²) >= 11 is 1.46. The molecule has 1 atom stereocenters. The van der Waals surface area contributed by atoms with Crippen molar-refractivity contribution in [2.75, 3.05) is 18.8 Å². The van der Waals surface area contributed by atoms with E-state index >= 15 is 0 Å². The molecule has 0 bridgehead atoms. The molecule has 0 aliphatic carbocycles. The van der Waals surface area contributed by atoms with Gasteiger partial charge < -0.3 is 4.90 Å². The van der Waals surface area contributed by atoms with Crippen molar-refractivity contribution in [2.24, 2.45) is 0 Å². The van der Waals surface area contributed by atoms with Gasteiger partial charge in [0.25, 0.3) is 0 Å². The molecule has 0 radical (unpaired) electrons. The molecule has 0 fully saturated rings. The lowest BCUT2D eigenvalue weighted by Gasteiger charge is -2.21. The second-order valence-corrected chi connectivity index (χ2v) is 6.03. The maximum atomic E-state index is 12.9. The van der Waals surface area contributed by atoms with Crippen molar-refractivity contribution in [3.05, 3.63) is 35.6 Å². The summed E-state index contributed by atoms with van der Waals surface area (Å²) in [6.07, 6.45) is 0.519. The van der Waals surface area contributed by atoms with Gasteiger partial charge in [-0.05, 0) is 24.6 Å². The summed E-state index contributed by atoms with van der Waals surface area (Å²) in [5.41, 5.74) is 0.958. The molecule has 0 aliphatic heterocycles. The molecular formula is C16H18FN3OS. The van der Waals surface area contributed by atoms with Crippen LogP contribution in [0.1, 0.15) is 30.6 Å². The lowest BCUT2D eigenvalue weighted by Crippen LogP contribution is -2.34. The molecule has 0 unspecified atom stereocenters. The van der Waals surface area contributed by atoms with Crippen LogP contribution in [0.4, 0.5) is 4.39 Å². The fourth-order valence-electron chi connectivity index (χ4n) is 1.85. The minimum Gasteiger partial charge on any atom is -0.340 e. The molecule has 0 saturated carbocycles. The first kappa shape index (κ1) is 18.0. The van der Waals surface area contributed by atoms with E-state index in [0.29, 0.717) is 13.1 Å². The van der Waals surface area contributed by atoms with Crippen LogP contribution < -0.4 is 0 Å². The van der Waals surface area contributed by atoms with Crippen LogP contribution in [0.5, 0.6) is 0 Å². The van der Waals surface area contributed by atoms with Gasteiger partial charge in [-0.25, -0.2) is 4.39 Å². The minimum absolute atomic E-state index is 0.0679. The molecule has 22 heavy (non-hydrogen) atoms. The molecule has 6 heteroatoms. The SMILES string of the molecule is C[C@@H](SCC(=O)N(CCC#N)CCC#N)c1ccc(F)cc1. The van der Waals surface area contributed by atoms with E-state index in [1.165, 1.54) is 23.9 Å². The average Bonchev–Trinajstić information content (AvgIpc) is 2.53. The van der Waals surface area contributed by atoms with E-state index in [0.717, 1.165) is 5.56 Å². The topological polar surface area (TPSA) is 67.9 Å². The number of carbonyl (C=O) groups excluding carboxylic acids is 1. The summed E-state index contributed by atoms with van der Waals surface area (Å²) in [6, 6.07) is 10.2. The summed E-state index contributed by atoms with van der Waals surface area (Å²) < 4.78 is 12.9. The molecule has 0 saturated heterocycles.